The summed E-state index contributed by atoms with van der Waals surface area (Å²) in [7, 11) is 0. The van der Waals surface area contributed by atoms with Crippen molar-refractivity contribution < 1.29 is 32.2 Å². The molecule has 2 saturated heterocycles. The molecule has 7 nitrogen and oxygen atoms in total. The summed E-state index contributed by atoms with van der Waals surface area (Å²) in [6.45, 7) is 0.122. The molecule has 1 aromatic heterocycles. The van der Waals surface area contributed by atoms with Crippen LogP contribution in [0.1, 0.15) is 12.8 Å². The molecule has 3 atom stereocenters. The quantitative estimate of drug-likeness (QED) is 0.820. The summed E-state index contributed by atoms with van der Waals surface area (Å²) in [5.41, 5.74) is -1.55. The van der Waals surface area contributed by atoms with Crippen LogP contribution in [0.25, 0.3) is 0 Å². The van der Waals surface area contributed by atoms with Gasteiger partial charge in [0, 0.05) is 31.3 Å². The van der Waals surface area contributed by atoms with E-state index in [9.17, 15) is 18.0 Å². The molecule has 0 amide bonds. The average molecular weight is 333 g/mol. The minimum atomic E-state index is -5.07. The van der Waals surface area contributed by atoms with Gasteiger partial charge in [0.2, 0.25) is 5.88 Å². The zero-order valence-corrected chi connectivity index (χ0v) is 11.9. The summed E-state index contributed by atoms with van der Waals surface area (Å²) in [6, 6.07) is -0.278. The number of carbonyl (C=O) groups is 1. The third kappa shape index (κ3) is 3.70. The largest absolute Gasteiger partial charge is 0.490 e. The molecule has 2 fully saturated rings. The highest BCUT2D eigenvalue weighted by Crippen LogP contribution is 2.32. The van der Waals surface area contributed by atoms with E-state index in [-0.39, 0.29) is 24.9 Å². The van der Waals surface area contributed by atoms with Crippen molar-refractivity contribution in [3.05, 3.63) is 18.6 Å². The molecule has 2 aliphatic heterocycles. The van der Waals surface area contributed by atoms with Crippen LogP contribution in [0, 0.1) is 0 Å². The van der Waals surface area contributed by atoms with E-state index < -0.39 is 24.0 Å². The molecule has 126 valence electrons. The van der Waals surface area contributed by atoms with Crippen LogP contribution in [0.3, 0.4) is 0 Å². The fourth-order valence-electron chi connectivity index (χ4n) is 2.78. The first kappa shape index (κ1) is 15.9. The van der Waals surface area contributed by atoms with Crippen molar-refractivity contribution in [2.75, 3.05) is 13.2 Å². The summed E-state index contributed by atoms with van der Waals surface area (Å²) in [5, 5.41) is 2.90. The number of aromatic nitrogens is 2. The molecule has 2 bridgehead atoms. The van der Waals surface area contributed by atoms with Gasteiger partial charge in [-0.05, 0) is 0 Å². The lowest BCUT2D eigenvalue weighted by molar-refractivity contribution is -0.238. The van der Waals surface area contributed by atoms with Crippen LogP contribution >= 0.6 is 0 Å². The first-order valence-corrected chi connectivity index (χ1v) is 6.95. The van der Waals surface area contributed by atoms with Crippen molar-refractivity contribution in [1.29, 1.82) is 0 Å². The van der Waals surface area contributed by atoms with Gasteiger partial charge in [0.05, 0.1) is 12.8 Å². The van der Waals surface area contributed by atoms with Gasteiger partial charge in [-0.1, -0.05) is 0 Å². The molecule has 1 unspecified atom stereocenters. The van der Waals surface area contributed by atoms with Gasteiger partial charge in [-0.3, -0.25) is 10.3 Å². The molecule has 1 aromatic rings. The van der Waals surface area contributed by atoms with E-state index in [2.05, 4.69) is 20.0 Å². The highest BCUT2D eigenvalue weighted by atomic mass is 19.4. The SMILES string of the molecule is O=C(O[C@@]12COC[C@H](CC(Oc3cnccn3)C1)N2)C(F)(F)F. The zero-order chi connectivity index (χ0) is 16.5. The molecule has 3 heterocycles. The Morgan fingerprint density at radius 2 is 2.26 bits per heavy atom. The predicted molar refractivity (Wildman–Crippen MR) is 68.3 cm³/mol. The van der Waals surface area contributed by atoms with Crippen molar-refractivity contribution in [3.63, 3.8) is 0 Å². The number of ether oxygens (including phenoxy) is 3. The standard InChI is InChI=1S/C13H14F3N3O4/c14-13(15,16)11(20)23-12-4-9(3-8(19-12)6-21-7-12)22-10-5-17-1-2-18-10/h1-2,5,8-9,19H,3-4,6-7H2/t8-,9?,12+/m0/s1. The number of esters is 1. The second-order valence-corrected chi connectivity index (χ2v) is 5.46. The maximum atomic E-state index is 12.5. The molecule has 0 spiro atoms. The van der Waals surface area contributed by atoms with Gasteiger partial charge >= 0.3 is 12.1 Å². The number of halogens is 3. The second-order valence-electron chi connectivity index (χ2n) is 5.46. The maximum Gasteiger partial charge on any atom is 0.490 e. The molecule has 0 aliphatic carbocycles. The van der Waals surface area contributed by atoms with Gasteiger partial charge in [0.25, 0.3) is 0 Å². The molecular formula is C13H14F3N3O4. The van der Waals surface area contributed by atoms with Crippen LogP contribution < -0.4 is 10.1 Å². The van der Waals surface area contributed by atoms with Gasteiger partial charge < -0.3 is 14.2 Å². The minimum Gasteiger partial charge on any atom is -0.473 e. The summed E-state index contributed by atoms with van der Waals surface area (Å²) in [4.78, 5) is 19.0. The van der Waals surface area contributed by atoms with E-state index in [0.29, 0.717) is 13.0 Å². The Labute approximate surface area is 129 Å². The third-order valence-corrected chi connectivity index (χ3v) is 3.57. The molecule has 0 saturated carbocycles. The molecule has 3 rings (SSSR count). The molecule has 0 aromatic carbocycles. The van der Waals surface area contributed by atoms with Gasteiger partial charge in [0.15, 0.2) is 5.72 Å². The number of nitrogens with one attached hydrogen (secondary N) is 1. The molecule has 23 heavy (non-hydrogen) atoms. The smallest absolute Gasteiger partial charge is 0.473 e. The Kier molecular flexibility index (Phi) is 4.11. The molecule has 0 radical (unpaired) electrons. The van der Waals surface area contributed by atoms with E-state index in [1.54, 1.807) is 0 Å². The molecule has 2 aliphatic rings. The van der Waals surface area contributed by atoms with Crippen LogP contribution in [0.4, 0.5) is 13.2 Å². The van der Waals surface area contributed by atoms with Crippen LogP contribution in [0.2, 0.25) is 0 Å². The second kappa shape index (κ2) is 5.93. The number of hydrogen-bond donors (Lipinski definition) is 1. The van der Waals surface area contributed by atoms with Crippen molar-refractivity contribution in [2.24, 2.45) is 0 Å². The Morgan fingerprint density at radius 3 is 2.96 bits per heavy atom. The summed E-state index contributed by atoms with van der Waals surface area (Å²) >= 11 is 0. The summed E-state index contributed by atoms with van der Waals surface area (Å²) < 4.78 is 53.0. The fraction of sp³-hybridized carbons (Fsp3) is 0.615. The van der Waals surface area contributed by atoms with Crippen molar-refractivity contribution in [2.45, 2.75) is 36.9 Å². The van der Waals surface area contributed by atoms with E-state index >= 15 is 0 Å². The first-order valence-electron chi connectivity index (χ1n) is 6.95. The average Bonchev–Trinajstić information content (AvgIpc) is 2.46. The lowest BCUT2D eigenvalue weighted by atomic mass is 9.91. The van der Waals surface area contributed by atoms with Crippen molar-refractivity contribution in [1.82, 2.24) is 15.3 Å². The Hall–Kier alpha value is -1.94. The lowest BCUT2D eigenvalue weighted by Gasteiger charge is -2.47. The van der Waals surface area contributed by atoms with E-state index in [0.717, 1.165) is 0 Å². The van der Waals surface area contributed by atoms with Gasteiger partial charge in [0.1, 0.15) is 12.7 Å². The number of fused-ring (bicyclic) bond motifs is 2. The van der Waals surface area contributed by atoms with E-state index in [1.165, 1.54) is 18.6 Å². The van der Waals surface area contributed by atoms with E-state index in [4.69, 9.17) is 9.47 Å². The highest BCUT2D eigenvalue weighted by Gasteiger charge is 2.52. The summed E-state index contributed by atoms with van der Waals surface area (Å²) in [6.07, 6.45) is -0.707. The van der Waals surface area contributed by atoms with Gasteiger partial charge in [-0.2, -0.15) is 13.2 Å². The number of hydrogen-bond acceptors (Lipinski definition) is 7. The number of morpholine rings is 1. The van der Waals surface area contributed by atoms with Gasteiger partial charge in [-0.15, -0.1) is 0 Å². The van der Waals surface area contributed by atoms with E-state index in [1.807, 2.05) is 0 Å². The lowest BCUT2D eigenvalue weighted by Crippen LogP contribution is -2.67. The minimum absolute atomic E-state index is 0.0158. The van der Waals surface area contributed by atoms with Crippen molar-refractivity contribution in [3.8, 4) is 5.88 Å². The Balaban J connectivity index is 1.73. The number of carbonyl (C=O) groups excluding carboxylic acids is 1. The summed E-state index contributed by atoms with van der Waals surface area (Å²) in [5.74, 6) is -2.00. The topological polar surface area (TPSA) is 82.6 Å². The van der Waals surface area contributed by atoms with Crippen LogP contribution in [0.15, 0.2) is 18.6 Å². The molecule has 10 heteroatoms. The third-order valence-electron chi connectivity index (χ3n) is 3.57. The molecular weight excluding hydrogens is 319 g/mol. The number of alkyl halides is 3. The first-order chi connectivity index (χ1) is 10.9. The highest BCUT2D eigenvalue weighted by molar-refractivity contribution is 5.76. The Morgan fingerprint density at radius 1 is 1.43 bits per heavy atom. The fourth-order valence-corrected chi connectivity index (χ4v) is 2.78. The normalized spacial score (nSPS) is 30.6. The zero-order valence-electron chi connectivity index (χ0n) is 11.9. The Bertz CT molecular complexity index is 571. The predicted octanol–water partition coefficient (Wildman–Crippen LogP) is 0.808. The monoisotopic (exact) mass is 333 g/mol. The molecule has 1 N–H and O–H groups in total. The van der Waals surface area contributed by atoms with Crippen LogP contribution in [-0.2, 0) is 14.3 Å². The maximum absolute atomic E-state index is 12.5. The van der Waals surface area contributed by atoms with Crippen molar-refractivity contribution >= 4 is 5.97 Å². The number of nitrogens with zero attached hydrogens (tertiary/aromatic N) is 2. The van der Waals surface area contributed by atoms with Crippen LogP contribution in [0.5, 0.6) is 5.88 Å². The number of piperidine rings is 1. The number of rotatable bonds is 3. The van der Waals surface area contributed by atoms with Crippen LogP contribution in [-0.4, -0.2) is 53.2 Å². The van der Waals surface area contributed by atoms with Gasteiger partial charge in [-0.25, -0.2) is 9.78 Å².